The summed E-state index contributed by atoms with van der Waals surface area (Å²) in [6.07, 6.45) is 0. The first-order valence-electron chi connectivity index (χ1n) is 6.70. The van der Waals surface area contributed by atoms with Gasteiger partial charge in [-0.25, -0.2) is 4.39 Å². The zero-order valence-corrected chi connectivity index (χ0v) is 12.7. The number of hydrogen-bond acceptors (Lipinski definition) is 5. The van der Waals surface area contributed by atoms with E-state index in [1.54, 1.807) is 0 Å². The number of hydrogen-bond donors (Lipinski definition) is 1. The summed E-state index contributed by atoms with van der Waals surface area (Å²) in [5.74, 6) is -0.930. The number of amides is 1. The monoisotopic (exact) mass is 329 g/mol. The second-order valence-corrected chi connectivity index (χ2v) is 5.73. The predicted octanol–water partition coefficient (Wildman–Crippen LogP) is 2.12. The Morgan fingerprint density at radius 1 is 1.13 bits per heavy atom. The van der Waals surface area contributed by atoms with Crippen molar-refractivity contribution in [1.82, 2.24) is 20.2 Å². The van der Waals surface area contributed by atoms with Gasteiger partial charge in [0.1, 0.15) is 11.1 Å². The summed E-state index contributed by atoms with van der Waals surface area (Å²) in [7, 11) is 0. The van der Waals surface area contributed by atoms with E-state index >= 15 is 0 Å². The summed E-state index contributed by atoms with van der Waals surface area (Å²) in [6, 6.07) is 14.9. The summed E-state index contributed by atoms with van der Waals surface area (Å²) < 4.78 is 14.6. The summed E-state index contributed by atoms with van der Waals surface area (Å²) in [6.45, 7) is 0. The fourth-order valence-electron chi connectivity index (χ4n) is 2.02. The van der Waals surface area contributed by atoms with E-state index < -0.39 is 11.2 Å². The van der Waals surface area contributed by atoms with Crippen molar-refractivity contribution in [3.05, 3.63) is 66.0 Å². The average Bonchev–Trinajstić information content (AvgIpc) is 3.02. The Morgan fingerprint density at radius 3 is 2.48 bits per heavy atom. The van der Waals surface area contributed by atoms with Crippen LogP contribution in [-0.2, 0) is 4.79 Å². The maximum Gasteiger partial charge on any atom is 0.235 e. The first kappa shape index (κ1) is 15.2. The summed E-state index contributed by atoms with van der Waals surface area (Å²) in [5, 5.41) is 11.2. The van der Waals surface area contributed by atoms with Gasteiger partial charge in [-0.15, -0.1) is 5.10 Å². The topological polar surface area (TPSA) is 86.7 Å². The number of carbonyl (C=O) groups is 1. The predicted molar refractivity (Wildman–Crippen MR) is 83.3 cm³/mol. The van der Waals surface area contributed by atoms with Gasteiger partial charge in [-0.3, -0.25) is 4.79 Å². The molecule has 3 rings (SSSR count). The lowest BCUT2D eigenvalue weighted by molar-refractivity contribution is -0.117. The van der Waals surface area contributed by atoms with Gasteiger partial charge in [0.15, 0.2) is 0 Å². The number of aromatic nitrogens is 4. The van der Waals surface area contributed by atoms with Crippen LogP contribution in [0.25, 0.3) is 5.69 Å². The second kappa shape index (κ2) is 6.57. The summed E-state index contributed by atoms with van der Waals surface area (Å²) >= 11 is 1.11. The zero-order chi connectivity index (χ0) is 16.2. The third-order valence-electron chi connectivity index (χ3n) is 3.10. The third kappa shape index (κ3) is 3.37. The largest absolute Gasteiger partial charge is 0.368 e. The number of tetrazole rings is 1. The molecule has 2 aromatic carbocycles. The van der Waals surface area contributed by atoms with Crippen molar-refractivity contribution < 1.29 is 9.18 Å². The standard InChI is InChI=1S/C15H12FN5OS/c16-11-8-6-10(7-9-11)13(14(17)22)23-15-18-19-20-21(15)12-4-2-1-3-5-12/h1-9,13H,(H2,17,22)/t13-/m1/s1. The Morgan fingerprint density at radius 2 is 1.83 bits per heavy atom. The molecule has 0 aliphatic heterocycles. The lowest BCUT2D eigenvalue weighted by Crippen LogP contribution is -2.19. The third-order valence-corrected chi connectivity index (χ3v) is 4.30. The number of nitrogens with two attached hydrogens (primary N) is 1. The smallest absolute Gasteiger partial charge is 0.235 e. The van der Waals surface area contributed by atoms with Crippen LogP contribution in [0, 0.1) is 5.82 Å². The van der Waals surface area contributed by atoms with Crippen molar-refractivity contribution >= 4 is 17.7 Å². The molecule has 0 unspecified atom stereocenters. The van der Waals surface area contributed by atoms with Crippen molar-refractivity contribution in [1.29, 1.82) is 0 Å². The summed E-state index contributed by atoms with van der Waals surface area (Å²) in [5.41, 5.74) is 6.84. The molecule has 1 atom stereocenters. The number of thioether (sulfide) groups is 1. The van der Waals surface area contributed by atoms with Crippen LogP contribution in [0.4, 0.5) is 4.39 Å². The minimum absolute atomic E-state index is 0.379. The number of para-hydroxylation sites is 1. The molecule has 116 valence electrons. The Bertz CT molecular complexity index is 806. The molecule has 6 nitrogen and oxygen atoms in total. The molecule has 0 saturated carbocycles. The van der Waals surface area contributed by atoms with Gasteiger partial charge >= 0.3 is 0 Å². The van der Waals surface area contributed by atoms with Gasteiger partial charge in [-0.05, 0) is 40.3 Å². The summed E-state index contributed by atoms with van der Waals surface area (Å²) in [4.78, 5) is 11.8. The Labute approximate surface area is 135 Å². The van der Waals surface area contributed by atoms with E-state index in [1.165, 1.54) is 28.9 Å². The molecular formula is C15H12FN5OS. The van der Waals surface area contributed by atoms with Crippen LogP contribution in [0.15, 0.2) is 59.8 Å². The van der Waals surface area contributed by atoms with Crippen LogP contribution in [0.3, 0.4) is 0 Å². The van der Waals surface area contributed by atoms with Crippen LogP contribution in [-0.4, -0.2) is 26.1 Å². The number of halogens is 1. The minimum Gasteiger partial charge on any atom is -0.368 e. The van der Waals surface area contributed by atoms with Gasteiger partial charge < -0.3 is 5.73 Å². The average molecular weight is 329 g/mol. The highest BCUT2D eigenvalue weighted by Gasteiger charge is 2.23. The van der Waals surface area contributed by atoms with Crippen molar-refractivity contribution in [2.24, 2.45) is 5.73 Å². The SMILES string of the molecule is NC(=O)[C@H](Sc1nnnn1-c1ccccc1)c1ccc(F)cc1. The molecule has 1 amide bonds. The normalized spacial score (nSPS) is 12.0. The molecule has 0 bridgehead atoms. The van der Waals surface area contributed by atoms with Crippen LogP contribution < -0.4 is 5.73 Å². The van der Waals surface area contributed by atoms with Gasteiger partial charge in [0.2, 0.25) is 11.1 Å². The molecule has 0 aliphatic carbocycles. The second-order valence-electron chi connectivity index (χ2n) is 4.66. The highest BCUT2D eigenvalue weighted by molar-refractivity contribution is 8.00. The van der Waals surface area contributed by atoms with E-state index in [9.17, 15) is 9.18 Å². The molecule has 2 N–H and O–H groups in total. The van der Waals surface area contributed by atoms with Gasteiger partial charge in [-0.2, -0.15) is 4.68 Å². The van der Waals surface area contributed by atoms with Gasteiger partial charge in [-0.1, -0.05) is 42.1 Å². The lowest BCUT2D eigenvalue weighted by Gasteiger charge is -2.13. The minimum atomic E-state index is -0.718. The van der Waals surface area contributed by atoms with Gasteiger partial charge in [0, 0.05) is 0 Å². The van der Waals surface area contributed by atoms with Crippen LogP contribution in [0.1, 0.15) is 10.8 Å². The quantitative estimate of drug-likeness (QED) is 0.725. The highest BCUT2D eigenvalue weighted by Crippen LogP contribution is 2.34. The fraction of sp³-hybridized carbons (Fsp3) is 0.0667. The number of benzene rings is 2. The van der Waals surface area contributed by atoms with E-state index in [1.807, 2.05) is 30.3 Å². The molecule has 8 heteroatoms. The van der Waals surface area contributed by atoms with Crippen LogP contribution in [0.2, 0.25) is 0 Å². The molecule has 1 aromatic heterocycles. The number of carbonyl (C=O) groups excluding carboxylic acids is 1. The van der Waals surface area contributed by atoms with Gasteiger partial charge in [0.05, 0.1) is 5.69 Å². The maximum atomic E-state index is 13.1. The first-order valence-corrected chi connectivity index (χ1v) is 7.58. The molecule has 0 radical (unpaired) electrons. The lowest BCUT2D eigenvalue weighted by atomic mass is 10.1. The molecule has 0 aliphatic rings. The van der Waals surface area contributed by atoms with Crippen LogP contribution in [0.5, 0.6) is 0 Å². The van der Waals surface area contributed by atoms with Crippen molar-refractivity contribution in [3.63, 3.8) is 0 Å². The molecule has 23 heavy (non-hydrogen) atoms. The Kier molecular flexibility index (Phi) is 4.33. The Hall–Kier alpha value is -2.74. The molecule has 3 aromatic rings. The maximum absolute atomic E-state index is 13.1. The molecule has 1 heterocycles. The molecule has 0 fully saturated rings. The van der Waals surface area contributed by atoms with E-state index in [0.717, 1.165) is 17.4 Å². The highest BCUT2D eigenvalue weighted by atomic mass is 32.2. The van der Waals surface area contributed by atoms with E-state index in [-0.39, 0.29) is 5.82 Å². The zero-order valence-electron chi connectivity index (χ0n) is 11.8. The number of nitrogens with zero attached hydrogens (tertiary/aromatic N) is 4. The molecule has 0 spiro atoms. The first-order chi connectivity index (χ1) is 11.1. The van der Waals surface area contributed by atoms with Crippen molar-refractivity contribution in [3.8, 4) is 5.69 Å². The Balaban J connectivity index is 1.92. The molecular weight excluding hydrogens is 317 g/mol. The number of primary amides is 1. The fourth-order valence-corrected chi connectivity index (χ4v) is 2.96. The van der Waals surface area contributed by atoms with Crippen molar-refractivity contribution in [2.75, 3.05) is 0 Å². The van der Waals surface area contributed by atoms with E-state index in [2.05, 4.69) is 15.5 Å². The van der Waals surface area contributed by atoms with Crippen molar-refractivity contribution in [2.45, 2.75) is 10.4 Å². The van der Waals surface area contributed by atoms with Crippen LogP contribution >= 0.6 is 11.8 Å². The van der Waals surface area contributed by atoms with E-state index in [0.29, 0.717) is 10.7 Å². The number of rotatable bonds is 5. The molecule has 0 saturated heterocycles. The van der Waals surface area contributed by atoms with Gasteiger partial charge in [0.25, 0.3) is 0 Å². The van der Waals surface area contributed by atoms with E-state index in [4.69, 9.17) is 5.73 Å².